The van der Waals surface area contributed by atoms with Crippen molar-refractivity contribution >= 4 is 22.8 Å². The molecular formula is C23H21FN6O2. The lowest BCUT2D eigenvalue weighted by molar-refractivity contribution is -0.123. The van der Waals surface area contributed by atoms with Gasteiger partial charge in [0.15, 0.2) is 17.6 Å². The third kappa shape index (κ3) is 3.21. The molecule has 2 N–H and O–H groups in total. The smallest absolute Gasteiger partial charge is 0.259 e. The van der Waals surface area contributed by atoms with Crippen LogP contribution < -0.4 is 5.32 Å². The van der Waals surface area contributed by atoms with Crippen molar-refractivity contribution < 1.29 is 14.3 Å². The summed E-state index contributed by atoms with van der Waals surface area (Å²) in [5.41, 5.74) is 2.00. The minimum absolute atomic E-state index is 0.187. The number of pyridine rings is 1. The van der Waals surface area contributed by atoms with E-state index in [-0.39, 0.29) is 18.2 Å². The molecule has 1 amide bonds. The average molecular weight is 432 g/mol. The molecule has 0 saturated heterocycles. The van der Waals surface area contributed by atoms with Gasteiger partial charge in [-0.2, -0.15) is 5.10 Å². The van der Waals surface area contributed by atoms with E-state index in [1.165, 1.54) is 6.07 Å². The van der Waals surface area contributed by atoms with Crippen LogP contribution in [0.3, 0.4) is 0 Å². The maximum absolute atomic E-state index is 14.3. The Morgan fingerprint density at radius 1 is 1.16 bits per heavy atom. The number of anilines is 1. The number of benzene rings is 1. The Bertz CT molecular complexity index is 1370. The van der Waals surface area contributed by atoms with Gasteiger partial charge in [0.25, 0.3) is 5.91 Å². The maximum Gasteiger partial charge on any atom is 0.259 e. The summed E-state index contributed by atoms with van der Waals surface area (Å²) in [5, 5.41) is 18.4. The van der Waals surface area contributed by atoms with Crippen LogP contribution in [0.15, 0.2) is 42.6 Å². The fourth-order valence-corrected chi connectivity index (χ4v) is 3.89. The van der Waals surface area contributed by atoms with E-state index in [2.05, 4.69) is 20.4 Å². The summed E-state index contributed by atoms with van der Waals surface area (Å²) in [6.07, 6.45) is 0.331. The van der Waals surface area contributed by atoms with E-state index in [0.717, 1.165) is 0 Å². The zero-order valence-corrected chi connectivity index (χ0v) is 17.8. The van der Waals surface area contributed by atoms with Gasteiger partial charge in [0, 0.05) is 17.2 Å². The Balaban J connectivity index is 1.70. The van der Waals surface area contributed by atoms with Crippen LogP contribution in [0.5, 0.6) is 0 Å². The molecule has 5 rings (SSSR count). The number of hydrogen-bond donors (Lipinski definition) is 2. The molecule has 0 saturated carbocycles. The zero-order chi connectivity index (χ0) is 22.6. The molecule has 0 bridgehead atoms. The summed E-state index contributed by atoms with van der Waals surface area (Å²) in [7, 11) is 0. The van der Waals surface area contributed by atoms with Crippen LogP contribution in [0.2, 0.25) is 0 Å². The first kappa shape index (κ1) is 20.2. The summed E-state index contributed by atoms with van der Waals surface area (Å²) in [6.45, 7) is 6.04. The van der Waals surface area contributed by atoms with Crippen molar-refractivity contribution in [2.75, 3.05) is 5.32 Å². The van der Waals surface area contributed by atoms with Crippen LogP contribution in [-0.2, 0) is 16.8 Å². The van der Waals surface area contributed by atoms with E-state index in [9.17, 15) is 14.3 Å². The fourth-order valence-electron chi connectivity index (χ4n) is 3.89. The number of carbonyl (C=O) groups excluding carboxylic acids is 1. The van der Waals surface area contributed by atoms with Gasteiger partial charge in [0.2, 0.25) is 0 Å². The van der Waals surface area contributed by atoms with Crippen LogP contribution in [0.1, 0.15) is 43.7 Å². The average Bonchev–Trinajstić information content (AvgIpc) is 3.26. The van der Waals surface area contributed by atoms with Crippen molar-refractivity contribution in [3.05, 3.63) is 65.2 Å². The Morgan fingerprint density at radius 2 is 1.94 bits per heavy atom. The fraction of sp³-hybridized carbons (Fsp3) is 0.261. The second-order valence-corrected chi connectivity index (χ2v) is 8.77. The van der Waals surface area contributed by atoms with Gasteiger partial charge in [-0.3, -0.25) is 4.79 Å². The predicted octanol–water partition coefficient (Wildman–Crippen LogP) is 3.36. The SMILES string of the molecule is CC(C)(C)c1nc(-c2nn(Cc3ccccc3F)c3ncccc23)nc2c1C(O)C(=O)N2. The first-order chi connectivity index (χ1) is 15.2. The standard InChI is InChI=1S/C23H21FN6O2/c1-23(2,3)18-15-17(31)22(32)28-19(15)27-20(26-18)16-13-8-6-10-25-21(13)30(29-16)11-12-7-4-5-9-14(12)24/h4-10,17,31H,11H2,1-3H3,(H,26,27,28,32). The van der Waals surface area contributed by atoms with Gasteiger partial charge in [-0.05, 0) is 18.2 Å². The molecule has 1 unspecified atom stereocenters. The van der Waals surface area contributed by atoms with Gasteiger partial charge in [0.05, 0.1) is 23.2 Å². The van der Waals surface area contributed by atoms with Crippen molar-refractivity contribution in [1.82, 2.24) is 24.7 Å². The van der Waals surface area contributed by atoms with E-state index in [1.54, 1.807) is 35.1 Å². The van der Waals surface area contributed by atoms with Crippen molar-refractivity contribution in [3.63, 3.8) is 0 Å². The molecular weight excluding hydrogens is 411 g/mol. The summed E-state index contributed by atoms with van der Waals surface area (Å²) in [4.78, 5) is 25.8. The molecule has 4 aromatic rings. The summed E-state index contributed by atoms with van der Waals surface area (Å²) in [6, 6.07) is 10.1. The number of halogens is 1. The molecule has 0 fully saturated rings. The Kier molecular flexibility index (Phi) is 4.52. The number of rotatable bonds is 3. The van der Waals surface area contributed by atoms with Gasteiger partial charge in [-0.15, -0.1) is 0 Å². The normalized spacial score (nSPS) is 15.8. The Labute approximate surface area is 183 Å². The molecule has 9 heteroatoms. The number of fused-ring (bicyclic) bond motifs is 2. The van der Waals surface area contributed by atoms with Crippen molar-refractivity contribution in [2.45, 2.75) is 38.8 Å². The monoisotopic (exact) mass is 432 g/mol. The highest BCUT2D eigenvalue weighted by molar-refractivity contribution is 6.01. The second-order valence-electron chi connectivity index (χ2n) is 8.77. The summed E-state index contributed by atoms with van der Waals surface area (Å²) >= 11 is 0. The second kappa shape index (κ2) is 7.16. The quantitative estimate of drug-likeness (QED) is 0.514. The van der Waals surface area contributed by atoms with Gasteiger partial charge in [-0.1, -0.05) is 39.0 Å². The van der Waals surface area contributed by atoms with Crippen molar-refractivity contribution in [1.29, 1.82) is 0 Å². The lowest BCUT2D eigenvalue weighted by Crippen LogP contribution is -2.19. The van der Waals surface area contributed by atoms with Gasteiger partial charge < -0.3 is 10.4 Å². The molecule has 0 radical (unpaired) electrons. The molecule has 1 aliphatic heterocycles. The summed E-state index contributed by atoms with van der Waals surface area (Å²) in [5.74, 6) is -0.283. The maximum atomic E-state index is 14.3. The third-order valence-electron chi connectivity index (χ3n) is 5.42. The molecule has 0 spiro atoms. The molecule has 8 nitrogen and oxygen atoms in total. The minimum Gasteiger partial charge on any atom is -0.378 e. The molecule has 3 aromatic heterocycles. The molecule has 4 heterocycles. The first-order valence-corrected chi connectivity index (χ1v) is 10.2. The molecule has 1 aromatic carbocycles. The number of nitrogens with one attached hydrogen (secondary N) is 1. The Morgan fingerprint density at radius 3 is 2.69 bits per heavy atom. The highest BCUT2D eigenvalue weighted by Crippen LogP contribution is 2.39. The molecule has 0 aliphatic carbocycles. The minimum atomic E-state index is -1.31. The number of nitrogens with zero attached hydrogens (tertiary/aromatic N) is 5. The number of aliphatic hydroxyl groups is 1. The van der Waals surface area contributed by atoms with Gasteiger partial charge in [0.1, 0.15) is 17.3 Å². The molecule has 1 aliphatic rings. The first-order valence-electron chi connectivity index (χ1n) is 10.2. The molecule has 1 atom stereocenters. The highest BCUT2D eigenvalue weighted by Gasteiger charge is 2.37. The van der Waals surface area contributed by atoms with E-state index in [4.69, 9.17) is 4.98 Å². The van der Waals surface area contributed by atoms with E-state index in [1.807, 2.05) is 26.8 Å². The zero-order valence-electron chi connectivity index (χ0n) is 17.8. The topological polar surface area (TPSA) is 106 Å². The van der Waals surface area contributed by atoms with Gasteiger partial charge in [-0.25, -0.2) is 24.0 Å². The number of amides is 1. The lowest BCUT2D eigenvalue weighted by Gasteiger charge is -2.22. The van der Waals surface area contributed by atoms with Gasteiger partial charge >= 0.3 is 0 Å². The number of aliphatic hydroxyl groups excluding tert-OH is 1. The predicted molar refractivity (Wildman–Crippen MR) is 116 cm³/mol. The lowest BCUT2D eigenvalue weighted by atomic mass is 9.87. The van der Waals surface area contributed by atoms with E-state index in [0.29, 0.717) is 39.4 Å². The van der Waals surface area contributed by atoms with Crippen LogP contribution >= 0.6 is 0 Å². The third-order valence-corrected chi connectivity index (χ3v) is 5.42. The number of hydrogen-bond acceptors (Lipinski definition) is 6. The van der Waals surface area contributed by atoms with Crippen LogP contribution in [0.25, 0.3) is 22.6 Å². The number of aromatic nitrogens is 5. The Hall–Kier alpha value is -3.72. The van der Waals surface area contributed by atoms with Crippen molar-refractivity contribution in [2.24, 2.45) is 0 Å². The van der Waals surface area contributed by atoms with Crippen LogP contribution in [0, 0.1) is 5.82 Å². The van der Waals surface area contributed by atoms with E-state index < -0.39 is 17.4 Å². The molecule has 32 heavy (non-hydrogen) atoms. The number of carbonyl (C=O) groups is 1. The van der Waals surface area contributed by atoms with Crippen molar-refractivity contribution in [3.8, 4) is 11.5 Å². The highest BCUT2D eigenvalue weighted by atomic mass is 19.1. The van der Waals surface area contributed by atoms with E-state index >= 15 is 0 Å². The molecule has 162 valence electrons. The van der Waals surface area contributed by atoms with Crippen LogP contribution in [0.4, 0.5) is 10.2 Å². The summed E-state index contributed by atoms with van der Waals surface area (Å²) < 4.78 is 15.9. The largest absolute Gasteiger partial charge is 0.378 e. The van der Waals surface area contributed by atoms with Crippen LogP contribution in [-0.4, -0.2) is 35.7 Å².